The Morgan fingerprint density at radius 1 is 1.89 bits per heavy atom. The molecule has 1 rings (SSSR count). The normalized spacial score (nSPS) is 16.6. The minimum atomic E-state index is 0.625. The quantitative estimate of drug-likeness (QED) is 0.496. The molecule has 9 heavy (non-hydrogen) atoms. The van der Waals surface area contributed by atoms with E-state index in [9.17, 15) is 4.79 Å². The highest BCUT2D eigenvalue weighted by molar-refractivity contribution is 5.45. The minimum absolute atomic E-state index is 0.625. The fourth-order valence-electron chi connectivity index (χ4n) is 0.421. The van der Waals surface area contributed by atoms with Crippen LogP contribution in [0.5, 0.6) is 0 Å². The molecule has 0 saturated heterocycles. The Kier molecular flexibility index (Phi) is 1.55. The Hall–Kier alpha value is -1.23. The van der Waals surface area contributed by atoms with Gasteiger partial charge < -0.3 is 4.84 Å². The Morgan fingerprint density at radius 3 is 3.11 bits per heavy atom. The lowest BCUT2D eigenvalue weighted by Gasteiger charge is -2.20. The molecule has 1 aliphatic heterocycles. The molecule has 0 bridgehead atoms. The lowest BCUT2D eigenvalue weighted by atomic mass is 11.0. The number of nitrogens with zero attached hydrogens (tertiary/aromatic N) is 2. The second-order valence-electron chi connectivity index (χ2n) is 1.49. The van der Waals surface area contributed by atoms with E-state index < -0.39 is 0 Å². The van der Waals surface area contributed by atoms with Crippen LogP contribution in [0.1, 0.15) is 0 Å². The SMILES string of the molecule is CN(C=O)N1NC=CO1. The number of carbonyl (C=O) groups excluding carboxylic acids is 1. The molecule has 0 aromatic heterocycles. The first-order valence-corrected chi connectivity index (χ1v) is 2.41. The Balaban J connectivity index is 2.35. The molecule has 0 radical (unpaired) electrons. The molecule has 0 aromatic rings. The van der Waals surface area contributed by atoms with Crippen molar-refractivity contribution in [2.75, 3.05) is 7.05 Å². The fourth-order valence-corrected chi connectivity index (χ4v) is 0.421. The van der Waals surface area contributed by atoms with Gasteiger partial charge >= 0.3 is 0 Å². The number of amides is 1. The number of nitrogens with one attached hydrogen (secondary N) is 1. The van der Waals surface area contributed by atoms with Gasteiger partial charge in [0, 0.05) is 12.3 Å². The molecule has 0 fully saturated rings. The standard InChI is InChI=1S/C4H7N3O2/c1-6(4-8)7-5-2-3-9-7/h2-5H,1H3. The highest BCUT2D eigenvalue weighted by Crippen LogP contribution is 1.94. The van der Waals surface area contributed by atoms with Crippen molar-refractivity contribution in [3.05, 3.63) is 12.5 Å². The van der Waals surface area contributed by atoms with E-state index in [1.54, 1.807) is 13.2 Å². The Morgan fingerprint density at radius 2 is 2.67 bits per heavy atom. The predicted molar refractivity (Wildman–Crippen MR) is 29.0 cm³/mol. The minimum Gasteiger partial charge on any atom is -0.373 e. The first kappa shape index (κ1) is 5.90. The van der Waals surface area contributed by atoms with Gasteiger partial charge in [-0.3, -0.25) is 10.2 Å². The highest BCUT2D eigenvalue weighted by atomic mass is 16.8. The lowest BCUT2D eigenvalue weighted by molar-refractivity contribution is -0.238. The van der Waals surface area contributed by atoms with Gasteiger partial charge in [-0.1, -0.05) is 0 Å². The van der Waals surface area contributed by atoms with E-state index in [1.807, 2.05) is 0 Å². The first-order valence-electron chi connectivity index (χ1n) is 2.41. The maximum Gasteiger partial charge on any atom is 0.227 e. The van der Waals surface area contributed by atoms with Crippen LogP contribution >= 0.6 is 0 Å². The third kappa shape index (κ3) is 1.11. The molecular formula is C4H7N3O2. The van der Waals surface area contributed by atoms with Crippen molar-refractivity contribution in [2.24, 2.45) is 0 Å². The van der Waals surface area contributed by atoms with Crippen LogP contribution in [0, 0.1) is 0 Å². The fraction of sp³-hybridized carbons (Fsp3) is 0.250. The molecule has 1 heterocycles. The molecular weight excluding hydrogens is 122 g/mol. The van der Waals surface area contributed by atoms with Gasteiger partial charge in [-0.15, -0.1) is 0 Å². The van der Waals surface area contributed by atoms with Gasteiger partial charge in [0.05, 0.1) is 6.20 Å². The van der Waals surface area contributed by atoms with Gasteiger partial charge in [0.15, 0.2) is 0 Å². The van der Waals surface area contributed by atoms with Gasteiger partial charge in [-0.25, -0.2) is 5.01 Å². The van der Waals surface area contributed by atoms with Crippen molar-refractivity contribution in [3.8, 4) is 0 Å². The summed E-state index contributed by atoms with van der Waals surface area (Å²) < 4.78 is 0. The Bertz CT molecular complexity index is 128. The zero-order valence-corrected chi connectivity index (χ0v) is 4.94. The van der Waals surface area contributed by atoms with Crippen LogP contribution in [-0.2, 0) is 9.63 Å². The van der Waals surface area contributed by atoms with E-state index in [1.165, 1.54) is 16.6 Å². The van der Waals surface area contributed by atoms with Crippen LogP contribution in [0.3, 0.4) is 0 Å². The second-order valence-corrected chi connectivity index (χ2v) is 1.49. The van der Waals surface area contributed by atoms with Crippen molar-refractivity contribution in [3.63, 3.8) is 0 Å². The van der Waals surface area contributed by atoms with Crippen LogP contribution in [-0.4, -0.2) is 23.7 Å². The average molecular weight is 129 g/mol. The molecule has 0 spiro atoms. The molecule has 5 heteroatoms. The van der Waals surface area contributed by atoms with Gasteiger partial charge in [-0.2, -0.15) is 0 Å². The first-order chi connectivity index (χ1) is 4.34. The lowest BCUT2D eigenvalue weighted by Crippen LogP contribution is -2.42. The number of hydrogen-bond donors (Lipinski definition) is 1. The number of hydrazine groups is 2. The molecule has 0 aliphatic carbocycles. The number of rotatable bonds is 2. The molecule has 0 aromatic carbocycles. The molecule has 50 valence electrons. The van der Waals surface area contributed by atoms with E-state index in [4.69, 9.17) is 4.84 Å². The summed E-state index contributed by atoms with van der Waals surface area (Å²) in [5, 5.41) is 2.41. The van der Waals surface area contributed by atoms with Gasteiger partial charge in [0.1, 0.15) is 6.26 Å². The van der Waals surface area contributed by atoms with Crippen LogP contribution in [0.4, 0.5) is 0 Å². The maximum atomic E-state index is 10.0. The summed E-state index contributed by atoms with van der Waals surface area (Å²) in [7, 11) is 1.56. The summed E-state index contributed by atoms with van der Waals surface area (Å²) in [5.74, 6) is 0. The second kappa shape index (κ2) is 2.36. The van der Waals surface area contributed by atoms with Crippen LogP contribution in [0.15, 0.2) is 12.5 Å². The summed E-state index contributed by atoms with van der Waals surface area (Å²) in [4.78, 5) is 14.8. The van der Waals surface area contributed by atoms with Crippen LogP contribution in [0.25, 0.3) is 0 Å². The summed E-state index contributed by atoms with van der Waals surface area (Å²) in [6, 6.07) is 0. The largest absolute Gasteiger partial charge is 0.373 e. The summed E-state index contributed by atoms with van der Waals surface area (Å²) >= 11 is 0. The molecule has 0 saturated carbocycles. The van der Waals surface area contributed by atoms with E-state index in [-0.39, 0.29) is 0 Å². The highest BCUT2D eigenvalue weighted by Gasteiger charge is 2.09. The Labute approximate surface area is 52.4 Å². The van der Waals surface area contributed by atoms with Crippen LogP contribution < -0.4 is 5.43 Å². The molecule has 0 unspecified atom stereocenters. The number of carbonyl (C=O) groups is 1. The van der Waals surface area contributed by atoms with Crippen molar-refractivity contribution in [1.29, 1.82) is 0 Å². The zero-order chi connectivity index (χ0) is 6.69. The molecule has 5 nitrogen and oxygen atoms in total. The van der Waals surface area contributed by atoms with Gasteiger partial charge in [-0.05, 0) is 0 Å². The van der Waals surface area contributed by atoms with E-state index in [0.717, 1.165) is 0 Å². The zero-order valence-electron chi connectivity index (χ0n) is 4.94. The molecule has 1 amide bonds. The summed E-state index contributed by atoms with van der Waals surface area (Å²) in [5.41, 5.74) is 2.63. The van der Waals surface area contributed by atoms with Crippen LogP contribution in [0.2, 0.25) is 0 Å². The number of hydrogen-bond acceptors (Lipinski definition) is 4. The topological polar surface area (TPSA) is 44.8 Å². The smallest absolute Gasteiger partial charge is 0.227 e. The predicted octanol–water partition coefficient (Wildman–Crippen LogP) is -0.787. The van der Waals surface area contributed by atoms with Crippen molar-refractivity contribution >= 4 is 6.41 Å². The van der Waals surface area contributed by atoms with E-state index in [2.05, 4.69) is 5.43 Å². The molecule has 0 atom stereocenters. The molecule has 1 N–H and O–H groups in total. The monoisotopic (exact) mass is 129 g/mol. The maximum absolute atomic E-state index is 10.0. The van der Waals surface area contributed by atoms with Gasteiger partial charge in [0.2, 0.25) is 6.41 Å². The van der Waals surface area contributed by atoms with E-state index in [0.29, 0.717) is 6.41 Å². The van der Waals surface area contributed by atoms with Crippen molar-refractivity contribution in [2.45, 2.75) is 0 Å². The average Bonchev–Trinajstić information content (AvgIpc) is 2.37. The summed E-state index contributed by atoms with van der Waals surface area (Å²) in [6.07, 6.45) is 3.62. The van der Waals surface area contributed by atoms with Crippen molar-refractivity contribution in [1.82, 2.24) is 15.7 Å². The third-order valence-electron chi connectivity index (χ3n) is 0.853. The van der Waals surface area contributed by atoms with E-state index >= 15 is 0 Å². The third-order valence-corrected chi connectivity index (χ3v) is 0.853. The van der Waals surface area contributed by atoms with Crippen molar-refractivity contribution < 1.29 is 9.63 Å². The van der Waals surface area contributed by atoms with Gasteiger partial charge in [0.25, 0.3) is 0 Å². The molecule has 1 aliphatic rings. The summed E-state index contributed by atoms with van der Waals surface area (Å²) in [6.45, 7) is 0.